The van der Waals surface area contributed by atoms with Crippen molar-refractivity contribution >= 4 is 22.6 Å². The van der Waals surface area contributed by atoms with Crippen molar-refractivity contribution in [2.75, 3.05) is 20.6 Å². The Hall–Kier alpha value is -1.10. The van der Waals surface area contributed by atoms with Crippen LogP contribution in [0.25, 0.3) is 11.0 Å². The van der Waals surface area contributed by atoms with E-state index in [4.69, 9.17) is 17.3 Å². The van der Waals surface area contributed by atoms with Gasteiger partial charge in [-0.3, -0.25) is 0 Å². The van der Waals surface area contributed by atoms with Gasteiger partial charge in [-0.1, -0.05) is 11.6 Å². The van der Waals surface area contributed by atoms with Crippen molar-refractivity contribution in [2.24, 2.45) is 5.73 Å². The van der Waals surface area contributed by atoms with E-state index in [1.165, 1.54) is 0 Å². The molecule has 0 aliphatic rings. The number of aromatic nitrogens is 2. The molecule has 19 heavy (non-hydrogen) atoms. The molecule has 0 saturated heterocycles. The Bertz CT molecular complexity index is 560. The number of rotatable bonds is 5. The van der Waals surface area contributed by atoms with Crippen molar-refractivity contribution in [3.63, 3.8) is 0 Å². The number of imidazole rings is 1. The molecule has 1 atom stereocenters. The van der Waals surface area contributed by atoms with Gasteiger partial charge in [0.2, 0.25) is 0 Å². The third-order valence-corrected chi connectivity index (χ3v) is 3.37. The maximum atomic E-state index is 6.08. The summed E-state index contributed by atoms with van der Waals surface area (Å²) in [6, 6.07) is 5.70. The molecule has 0 bridgehead atoms. The minimum absolute atomic E-state index is 0.0782. The van der Waals surface area contributed by atoms with Gasteiger partial charge < -0.3 is 15.2 Å². The van der Waals surface area contributed by atoms with E-state index >= 15 is 0 Å². The zero-order chi connectivity index (χ0) is 14.0. The van der Waals surface area contributed by atoms with Gasteiger partial charge >= 0.3 is 0 Å². The molecule has 2 aromatic rings. The number of halogens is 1. The van der Waals surface area contributed by atoms with Crippen molar-refractivity contribution < 1.29 is 0 Å². The molecule has 0 fully saturated rings. The molecule has 5 heteroatoms. The van der Waals surface area contributed by atoms with Crippen LogP contribution in [0.5, 0.6) is 0 Å². The van der Waals surface area contributed by atoms with Gasteiger partial charge in [0.1, 0.15) is 5.82 Å². The SMILES string of the molecule is CC(N)c1nc2ccc(Cl)cc2n1CCCN(C)C. The highest BCUT2D eigenvalue weighted by atomic mass is 35.5. The fourth-order valence-corrected chi connectivity index (χ4v) is 2.41. The van der Waals surface area contributed by atoms with Crippen molar-refractivity contribution in [1.82, 2.24) is 14.5 Å². The molecule has 1 aromatic heterocycles. The predicted octanol–water partition coefficient (Wildman–Crippen LogP) is 2.66. The van der Waals surface area contributed by atoms with E-state index in [0.717, 1.165) is 41.4 Å². The molecule has 1 aromatic carbocycles. The molecule has 0 saturated carbocycles. The molecule has 1 heterocycles. The first-order chi connectivity index (χ1) is 8.99. The fraction of sp³-hybridized carbons (Fsp3) is 0.500. The normalized spacial score (nSPS) is 13.4. The number of fused-ring (bicyclic) bond motifs is 1. The molecule has 0 aliphatic heterocycles. The summed E-state index contributed by atoms with van der Waals surface area (Å²) in [5.41, 5.74) is 8.05. The summed E-state index contributed by atoms with van der Waals surface area (Å²) < 4.78 is 2.19. The number of nitrogens with zero attached hydrogens (tertiary/aromatic N) is 3. The van der Waals surface area contributed by atoms with Crippen molar-refractivity contribution in [2.45, 2.75) is 25.9 Å². The Balaban J connectivity index is 2.36. The molecule has 0 radical (unpaired) electrons. The highest BCUT2D eigenvalue weighted by Crippen LogP contribution is 2.23. The van der Waals surface area contributed by atoms with E-state index in [0.29, 0.717) is 0 Å². The third-order valence-electron chi connectivity index (χ3n) is 3.13. The van der Waals surface area contributed by atoms with Gasteiger partial charge in [0.25, 0.3) is 0 Å². The van der Waals surface area contributed by atoms with Gasteiger partial charge in [-0.25, -0.2) is 4.98 Å². The smallest absolute Gasteiger partial charge is 0.126 e. The summed E-state index contributed by atoms with van der Waals surface area (Å²) in [6.07, 6.45) is 1.06. The van der Waals surface area contributed by atoms with E-state index < -0.39 is 0 Å². The summed E-state index contributed by atoms with van der Waals surface area (Å²) in [6.45, 7) is 3.91. The van der Waals surface area contributed by atoms with Crippen LogP contribution >= 0.6 is 11.6 Å². The topological polar surface area (TPSA) is 47.1 Å². The fourth-order valence-electron chi connectivity index (χ4n) is 2.24. The van der Waals surface area contributed by atoms with Crippen LogP contribution in [0.4, 0.5) is 0 Å². The van der Waals surface area contributed by atoms with E-state index in [1.54, 1.807) is 0 Å². The second kappa shape index (κ2) is 5.90. The summed E-state index contributed by atoms with van der Waals surface area (Å²) in [7, 11) is 4.16. The quantitative estimate of drug-likeness (QED) is 0.916. The molecule has 0 amide bonds. The zero-order valence-electron chi connectivity index (χ0n) is 11.7. The molecule has 104 valence electrons. The second-order valence-electron chi connectivity index (χ2n) is 5.20. The summed E-state index contributed by atoms with van der Waals surface area (Å²) in [4.78, 5) is 6.79. The average Bonchev–Trinajstić information content (AvgIpc) is 2.67. The lowest BCUT2D eigenvalue weighted by atomic mass is 10.3. The highest BCUT2D eigenvalue weighted by Gasteiger charge is 2.13. The molecule has 0 spiro atoms. The molecule has 1 unspecified atom stereocenters. The Morgan fingerprint density at radius 1 is 1.42 bits per heavy atom. The first kappa shape index (κ1) is 14.3. The van der Waals surface area contributed by atoms with Crippen LogP contribution in [0, 0.1) is 0 Å². The monoisotopic (exact) mass is 280 g/mol. The molecular formula is C14H21ClN4. The second-order valence-corrected chi connectivity index (χ2v) is 5.64. The zero-order valence-corrected chi connectivity index (χ0v) is 12.5. The molecule has 0 aliphatic carbocycles. The van der Waals surface area contributed by atoms with Crippen LogP contribution in [-0.2, 0) is 6.54 Å². The number of nitrogens with two attached hydrogens (primary N) is 1. The number of hydrogen-bond donors (Lipinski definition) is 1. The van der Waals surface area contributed by atoms with Gasteiger partial charge in [0.15, 0.2) is 0 Å². The molecule has 2 N–H and O–H groups in total. The maximum Gasteiger partial charge on any atom is 0.126 e. The van der Waals surface area contributed by atoms with E-state index in [9.17, 15) is 0 Å². The minimum atomic E-state index is -0.0782. The average molecular weight is 281 g/mol. The molecular weight excluding hydrogens is 260 g/mol. The highest BCUT2D eigenvalue weighted by molar-refractivity contribution is 6.31. The molecule has 2 rings (SSSR count). The van der Waals surface area contributed by atoms with Crippen LogP contribution in [-0.4, -0.2) is 35.1 Å². The van der Waals surface area contributed by atoms with Gasteiger partial charge in [-0.2, -0.15) is 0 Å². The first-order valence-electron chi connectivity index (χ1n) is 6.55. The third kappa shape index (κ3) is 3.26. The first-order valence-corrected chi connectivity index (χ1v) is 6.93. The summed E-state index contributed by atoms with van der Waals surface area (Å²) in [5, 5.41) is 0.734. The van der Waals surface area contributed by atoms with Gasteiger partial charge in [0, 0.05) is 11.6 Å². The largest absolute Gasteiger partial charge is 0.327 e. The minimum Gasteiger partial charge on any atom is -0.327 e. The van der Waals surface area contributed by atoms with E-state index in [-0.39, 0.29) is 6.04 Å². The van der Waals surface area contributed by atoms with E-state index in [1.807, 2.05) is 25.1 Å². The van der Waals surface area contributed by atoms with Crippen molar-refractivity contribution in [1.29, 1.82) is 0 Å². The van der Waals surface area contributed by atoms with Crippen LogP contribution in [0.2, 0.25) is 5.02 Å². The molecule has 4 nitrogen and oxygen atoms in total. The number of benzene rings is 1. The number of aryl methyl sites for hydroxylation is 1. The Morgan fingerprint density at radius 3 is 2.79 bits per heavy atom. The Labute approximate surface area is 119 Å². The number of hydrogen-bond acceptors (Lipinski definition) is 3. The van der Waals surface area contributed by atoms with Gasteiger partial charge in [-0.05, 0) is 52.2 Å². The Morgan fingerprint density at radius 2 is 2.16 bits per heavy atom. The van der Waals surface area contributed by atoms with Crippen LogP contribution in [0.15, 0.2) is 18.2 Å². The van der Waals surface area contributed by atoms with E-state index in [2.05, 4.69) is 28.5 Å². The summed E-state index contributed by atoms with van der Waals surface area (Å²) in [5.74, 6) is 0.927. The predicted molar refractivity (Wildman–Crippen MR) is 80.5 cm³/mol. The Kier molecular flexibility index (Phi) is 4.45. The lowest BCUT2D eigenvalue weighted by Crippen LogP contribution is -2.18. The van der Waals surface area contributed by atoms with Crippen LogP contribution < -0.4 is 5.73 Å². The lowest BCUT2D eigenvalue weighted by Gasteiger charge is -2.13. The van der Waals surface area contributed by atoms with Gasteiger partial charge in [-0.15, -0.1) is 0 Å². The van der Waals surface area contributed by atoms with Crippen molar-refractivity contribution in [3.05, 3.63) is 29.0 Å². The maximum absolute atomic E-state index is 6.08. The van der Waals surface area contributed by atoms with Crippen LogP contribution in [0.3, 0.4) is 0 Å². The lowest BCUT2D eigenvalue weighted by molar-refractivity contribution is 0.385. The van der Waals surface area contributed by atoms with Crippen molar-refractivity contribution in [3.8, 4) is 0 Å². The van der Waals surface area contributed by atoms with Gasteiger partial charge in [0.05, 0.1) is 17.1 Å². The van der Waals surface area contributed by atoms with Crippen LogP contribution in [0.1, 0.15) is 25.2 Å². The standard InChI is InChI=1S/C14H21ClN4/c1-10(16)14-17-12-6-5-11(15)9-13(12)19(14)8-4-7-18(2)3/h5-6,9-10H,4,7-8,16H2,1-3H3. The summed E-state index contributed by atoms with van der Waals surface area (Å²) >= 11 is 6.08.